The summed E-state index contributed by atoms with van der Waals surface area (Å²) in [5.41, 5.74) is 5.46. The van der Waals surface area contributed by atoms with Crippen LogP contribution in [0.15, 0.2) is 9.72 Å². The maximum absolute atomic E-state index is 11.5. The van der Waals surface area contributed by atoms with Gasteiger partial charge in [-0.15, -0.1) is 11.3 Å². The average molecular weight is 317 g/mol. The maximum atomic E-state index is 11.5. The van der Waals surface area contributed by atoms with Crippen molar-refractivity contribution in [2.24, 2.45) is 5.73 Å². The number of urea groups is 1. The molecular formula is C11H15N3O4S2. The number of carbonyl (C=O) groups is 3. The summed E-state index contributed by atoms with van der Waals surface area (Å²) in [6.07, 6.45) is 0.104. The molecule has 0 unspecified atom stereocenters. The summed E-state index contributed by atoms with van der Waals surface area (Å²) in [4.78, 5) is 37.6. The van der Waals surface area contributed by atoms with Crippen LogP contribution >= 0.6 is 23.1 Å². The van der Waals surface area contributed by atoms with Crippen LogP contribution in [0.4, 0.5) is 4.79 Å². The Morgan fingerprint density at radius 3 is 2.85 bits per heavy atom. The number of rotatable bonds is 6. The summed E-state index contributed by atoms with van der Waals surface area (Å²) in [6, 6.07) is -0.885. The minimum absolute atomic E-state index is 0.104. The molecule has 1 atom stereocenters. The molecule has 7 nitrogen and oxygen atoms in total. The van der Waals surface area contributed by atoms with Gasteiger partial charge in [0.15, 0.2) is 4.34 Å². The Hall–Kier alpha value is -1.61. The molecule has 0 bridgehead atoms. The number of thioether (sulfide) groups is 1. The van der Waals surface area contributed by atoms with Crippen LogP contribution in [0.2, 0.25) is 0 Å². The number of esters is 1. The van der Waals surface area contributed by atoms with Crippen molar-refractivity contribution < 1.29 is 19.1 Å². The quantitative estimate of drug-likeness (QED) is 0.596. The number of imide groups is 1. The van der Waals surface area contributed by atoms with Gasteiger partial charge in [0.25, 0.3) is 0 Å². The number of primary amides is 1. The average Bonchev–Trinajstić information content (AvgIpc) is 2.75. The number of carbonyl (C=O) groups excluding carboxylic acids is 3. The summed E-state index contributed by atoms with van der Waals surface area (Å²) in [6.45, 7) is 3.70. The normalized spacial score (nSPS) is 11.7. The molecule has 1 heterocycles. The summed E-state index contributed by atoms with van der Waals surface area (Å²) < 4.78 is 5.46. The zero-order chi connectivity index (χ0) is 15.1. The van der Waals surface area contributed by atoms with Gasteiger partial charge in [-0.2, -0.15) is 0 Å². The maximum Gasteiger partial charge on any atom is 0.318 e. The highest BCUT2D eigenvalue weighted by Crippen LogP contribution is 2.27. The highest BCUT2D eigenvalue weighted by molar-refractivity contribution is 8.02. The van der Waals surface area contributed by atoms with Crippen LogP contribution < -0.4 is 11.1 Å². The number of ether oxygens (including phenoxy) is 1. The van der Waals surface area contributed by atoms with Gasteiger partial charge in [-0.25, -0.2) is 9.78 Å². The SMILES string of the molecule is CCOC(=O)Cc1csc(S[C@@H](C)C(=O)NC(N)=O)n1. The molecule has 0 aliphatic rings. The number of thiazole rings is 1. The molecule has 0 aromatic carbocycles. The second-order valence-corrected chi connectivity index (χ2v) is 6.15. The van der Waals surface area contributed by atoms with Crippen LogP contribution in [0.5, 0.6) is 0 Å². The Balaban J connectivity index is 2.53. The predicted molar refractivity (Wildman–Crippen MR) is 75.5 cm³/mol. The van der Waals surface area contributed by atoms with E-state index < -0.39 is 17.2 Å². The molecular weight excluding hydrogens is 302 g/mol. The van der Waals surface area contributed by atoms with Gasteiger partial charge in [0, 0.05) is 5.38 Å². The van der Waals surface area contributed by atoms with Gasteiger partial charge in [0.2, 0.25) is 5.91 Å². The van der Waals surface area contributed by atoms with E-state index in [0.717, 1.165) is 0 Å². The number of nitrogens with one attached hydrogen (secondary N) is 1. The van der Waals surface area contributed by atoms with Crippen molar-refractivity contribution in [2.45, 2.75) is 29.9 Å². The first-order chi connectivity index (χ1) is 9.42. The highest BCUT2D eigenvalue weighted by atomic mass is 32.2. The van der Waals surface area contributed by atoms with E-state index in [9.17, 15) is 14.4 Å². The summed E-state index contributed by atoms with van der Waals surface area (Å²) in [5.74, 6) is -0.821. The summed E-state index contributed by atoms with van der Waals surface area (Å²) >= 11 is 2.51. The zero-order valence-electron chi connectivity index (χ0n) is 11.0. The van der Waals surface area contributed by atoms with E-state index in [0.29, 0.717) is 16.6 Å². The number of hydrogen-bond acceptors (Lipinski definition) is 7. The van der Waals surface area contributed by atoms with Crippen molar-refractivity contribution in [1.82, 2.24) is 10.3 Å². The fourth-order valence-electron chi connectivity index (χ4n) is 1.21. The van der Waals surface area contributed by atoms with Crippen molar-refractivity contribution in [3.8, 4) is 0 Å². The lowest BCUT2D eigenvalue weighted by Crippen LogP contribution is -2.39. The third-order valence-corrected chi connectivity index (χ3v) is 4.18. The molecule has 3 N–H and O–H groups in total. The summed E-state index contributed by atoms with van der Waals surface area (Å²) in [5, 5.41) is 3.22. The van der Waals surface area contributed by atoms with Crippen LogP contribution in [-0.4, -0.2) is 34.7 Å². The van der Waals surface area contributed by atoms with E-state index in [-0.39, 0.29) is 12.4 Å². The lowest BCUT2D eigenvalue weighted by molar-refractivity contribution is -0.142. The number of hydrogen-bond donors (Lipinski definition) is 2. The van der Waals surface area contributed by atoms with Crippen molar-refractivity contribution in [1.29, 1.82) is 0 Å². The molecule has 0 fully saturated rings. The highest BCUT2D eigenvalue weighted by Gasteiger charge is 2.18. The Morgan fingerprint density at radius 1 is 1.55 bits per heavy atom. The van der Waals surface area contributed by atoms with Crippen LogP contribution in [0.1, 0.15) is 19.5 Å². The van der Waals surface area contributed by atoms with E-state index >= 15 is 0 Å². The van der Waals surface area contributed by atoms with Gasteiger partial charge in [0.1, 0.15) is 0 Å². The van der Waals surface area contributed by atoms with Gasteiger partial charge < -0.3 is 10.5 Å². The molecule has 1 rings (SSSR count). The number of nitrogens with zero attached hydrogens (tertiary/aromatic N) is 1. The van der Waals surface area contributed by atoms with Gasteiger partial charge in [0.05, 0.1) is 24.0 Å². The second-order valence-electron chi connectivity index (χ2n) is 3.70. The number of nitrogens with two attached hydrogens (primary N) is 1. The third kappa shape index (κ3) is 5.57. The predicted octanol–water partition coefficient (Wildman–Crippen LogP) is 0.924. The Kier molecular flexibility index (Phi) is 6.46. The zero-order valence-corrected chi connectivity index (χ0v) is 12.7. The molecule has 0 saturated carbocycles. The molecule has 0 aliphatic heterocycles. The smallest absolute Gasteiger partial charge is 0.318 e. The van der Waals surface area contributed by atoms with Crippen molar-refractivity contribution in [3.05, 3.63) is 11.1 Å². The fourth-order valence-corrected chi connectivity index (χ4v) is 3.19. The molecule has 20 heavy (non-hydrogen) atoms. The number of aromatic nitrogens is 1. The number of amides is 3. The van der Waals surface area contributed by atoms with Crippen molar-refractivity contribution in [3.63, 3.8) is 0 Å². The topological polar surface area (TPSA) is 111 Å². The van der Waals surface area contributed by atoms with Crippen molar-refractivity contribution >= 4 is 41.0 Å². The summed E-state index contributed by atoms with van der Waals surface area (Å²) in [7, 11) is 0. The lowest BCUT2D eigenvalue weighted by atomic mass is 10.3. The molecule has 1 aromatic rings. The molecule has 0 radical (unpaired) electrons. The largest absolute Gasteiger partial charge is 0.466 e. The van der Waals surface area contributed by atoms with Gasteiger partial charge in [-0.3, -0.25) is 14.9 Å². The minimum Gasteiger partial charge on any atom is -0.466 e. The molecule has 0 aliphatic carbocycles. The van der Waals surface area contributed by atoms with Crippen LogP contribution in [0.25, 0.3) is 0 Å². The second kappa shape index (κ2) is 7.85. The Bertz CT molecular complexity index is 504. The van der Waals surface area contributed by atoms with Crippen molar-refractivity contribution in [2.75, 3.05) is 6.61 Å². The third-order valence-electron chi connectivity index (χ3n) is 2.05. The van der Waals surface area contributed by atoms with E-state index in [1.807, 2.05) is 5.32 Å². The van der Waals surface area contributed by atoms with Crippen LogP contribution in [0.3, 0.4) is 0 Å². The van der Waals surface area contributed by atoms with Gasteiger partial charge in [-0.05, 0) is 13.8 Å². The van der Waals surface area contributed by atoms with E-state index in [4.69, 9.17) is 10.5 Å². The minimum atomic E-state index is -0.885. The first-order valence-corrected chi connectivity index (χ1v) is 7.55. The van der Waals surface area contributed by atoms with Crippen LogP contribution in [0, 0.1) is 0 Å². The monoisotopic (exact) mass is 317 g/mol. The van der Waals surface area contributed by atoms with E-state index in [1.165, 1.54) is 23.1 Å². The van der Waals surface area contributed by atoms with Gasteiger partial charge >= 0.3 is 12.0 Å². The van der Waals surface area contributed by atoms with Crippen LogP contribution in [-0.2, 0) is 20.7 Å². The Labute approximate surface area is 124 Å². The standard InChI is InChI=1S/C11H15N3O4S2/c1-3-18-8(15)4-7-5-19-11(13-7)20-6(2)9(16)14-10(12)17/h5-6H,3-4H2,1-2H3,(H3,12,14,16,17)/t6-/m0/s1. The van der Waals surface area contributed by atoms with E-state index in [2.05, 4.69) is 4.98 Å². The lowest BCUT2D eigenvalue weighted by Gasteiger charge is -2.07. The molecule has 3 amide bonds. The fraction of sp³-hybridized carbons (Fsp3) is 0.455. The molecule has 110 valence electrons. The molecule has 9 heteroatoms. The van der Waals surface area contributed by atoms with Gasteiger partial charge in [-0.1, -0.05) is 11.8 Å². The molecule has 0 saturated heterocycles. The first kappa shape index (κ1) is 16.4. The van der Waals surface area contributed by atoms with E-state index in [1.54, 1.807) is 19.2 Å². The molecule has 0 spiro atoms. The first-order valence-electron chi connectivity index (χ1n) is 5.79. The Morgan fingerprint density at radius 2 is 2.25 bits per heavy atom. The molecule has 1 aromatic heterocycles.